The van der Waals surface area contributed by atoms with Crippen molar-refractivity contribution in [3.05, 3.63) is 41.2 Å². The number of hydrogen-bond donors (Lipinski definition) is 3. The molecule has 0 amide bonds. The van der Waals surface area contributed by atoms with Crippen LogP contribution in [0.25, 0.3) is 0 Å². The van der Waals surface area contributed by atoms with E-state index in [1.165, 1.54) is 4.68 Å². The fraction of sp³-hybridized carbons (Fsp3) is 0.308. The first-order valence-electron chi connectivity index (χ1n) is 6.36. The first-order chi connectivity index (χ1) is 10.1. The second-order valence-electron chi connectivity index (χ2n) is 4.41. The highest BCUT2D eigenvalue weighted by Gasteiger charge is 2.23. The molecule has 1 heterocycles. The highest BCUT2D eigenvalue weighted by atomic mass is 35.5. The van der Waals surface area contributed by atoms with Crippen molar-refractivity contribution in [1.29, 1.82) is 0 Å². The van der Waals surface area contributed by atoms with Crippen LogP contribution in [0.1, 0.15) is 18.2 Å². The van der Waals surface area contributed by atoms with E-state index in [1.54, 1.807) is 30.5 Å². The molecule has 0 fully saturated rings. The number of aryl methyl sites for hydroxylation is 1. The van der Waals surface area contributed by atoms with Gasteiger partial charge >= 0.3 is 5.97 Å². The Morgan fingerprint density at radius 1 is 1.48 bits per heavy atom. The fourth-order valence-electron chi connectivity index (χ4n) is 1.79. The zero-order valence-corrected chi connectivity index (χ0v) is 11.9. The molecule has 1 aromatic carbocycles. The minimum Gasteiger partial charge on any atom is -0.479 e. The summed E-state index contributed by atoms with van der Waals surface area (Å²) in [6.07, 6.45) is 2.08. The lowest BCUT2D eigenvalue weighted by atomic mass is 10.2. The Labute approximate surface area is 126 Å². The zero-order chi connectivity index (χ0) is 15.2. The van der Waals surface area contributed by atoms with Crippen molar-refractivity contribution in [3.8, 4) is 0 Å². The Bertz CT molecular complexity index is 617. The molecule has 0 spiro atoms. The molecule has 0 aliphatic rings. The van der Waals surface area contributed by atoms with E-state index in [0.717, 1.165) is 0 Å². The maximum atomic E-state index is 11.4. The van der Waals surface area contributed by atoms with Crippen LogP contribution in [0.2, 0.25) is 5.02 Å². The molecule has 8 heteroatoms. The summed E-state index contributed by atoms with van der Waals surface area (Å²) in [5.41, 5.74) is 0.875. The van der Waals surface area contributed by atoms with Crippen LogP contribution in [-0.2, 0) is 11.3 Å². The molecule has 0 aliphatic heterocycles. The minimum atomic E-state index is -1.07. The fourth-order valence-corrected chi connectivity index (χ4v) is 1.99. The summed E-state index contributed by atoms with van der Waals surface area (Å²) in [5, 5.41) is 29.2. The van der Waals surface area contributed by atoms with Crippen LogP contribution in [0.5, 0.6) is 0 Å². The van der Waals surface area contributed by atoms with Gasteiger partial charge in [-0.05, 0) is 24.6 Å². The summed E-state index contributed by atoms with van der Waals surface area (Å²) in [7, 11) is 0. The molecule has 1 unspecified atom stereocenters. The number of aromatic nitrogens is 3. The number of aliphatic hydroxyl groups excluding tert-OH is 1. The van der Waals surface area contributed by atoms with Crippen molar-refractivity contribution < 1.29 is 15.0 Å². The Balaban J connectivity index is 2.15. The molecule has 2 rings (SSSR count). The number of nitrogens with zero attached hydrogens (tertiary/aromatic N) is 3. The number of carboxylic acid groups (broad SMARTS) is 1. The monoisotopic (exact) mass is 310 g/mol. The van der Waals surface area contributed by atoms with Crippen molar-refractivity contribution in [1.82, 2.24) is 15.0 Å². The smallest absolute Gasteiger partial charge is 0.332 e. The van der Waals surface area contributed by atoms with Gasteiger partial charge in [-0.2, -0.15) is 0 Å². The Hall–Kier alpha value is -2.12. The molecule has 7 nitrogen and oxygen atoms in total. The molecular formula is C13H15ClN4O3. The number of aliphatic carboxylic acids is 1. The normalized spacial score (nSPS) is 12.1. The van der Waals surface area contributed by atoms with Gasteiger partial charge in [0, 0.05) is 23.9 Å². The van der Waals surface area contributed by atoms with Gasteiger partial charge in [0.2, 0.25) is 0 Å². The molecule has 3 N–H and O–H groups in total. The van der Waals surface area contributed by atoms with E-state index >= 15 is 0 Å². The maximum Gasteiger partial charge on any atom is 0.332 e. The summed E-state index contributed by atoms with van der Waals surface area (Å²) < 4.78 is 1.50. The van der Waals surface area contributed by atoms with E-state index in [-0.39, 0.29) is 6.61 Å². The lowest BCUT2D eigenvalue weighted by Crippen LogP contribution is -2.21. The first-order valence-corrected chi connectivity index (χ1v) is 6.74. The van der Waals surface area contributed by atoms with Crippen molar-refractivity contribution in [3.63, 3.8) is 0 Å². The van der Waals surface area contributed by atoms with Gasteiger partial charge in [-0.3, -0.25) is 4.68 Å². The number of carboxylic acids is 1. The number of anilines is 1. The number of halogens is 1. The van der Waals surface area contributed by atoms with Gasteiger partial charge in [0.1, 0.15) is 5.69 Å². The molecule has 0 saturated heterocycles. The van der Waals surface area contributed by atoms with E-state index in [9.17, 15) is 9.90 Å². The molecule has 0 saturated carbocycles. The molecular weight excluding hydrogens is 296 g/mol. The predicted molar refractivity (Wildman–Crippen MR) is 77.2 cm³/mol. The van der Waals surface area contributed by atoms with E-state index < -0.39 is 12.0 Å². The van der Waals surface area contributed by atoms with Gasteiger partial charge in [0.15, 0.2) is 6.04 Å². The van der Waals surface area contributed by atoms with Crippen molar-refractivity contribution in [2.75, 3.05) is 11.9 Å². The van der Waals surface area contributed by atoms with Crippen LogP contribution >= 0.6 is 11.6 Å². The van der Waals surface area contributed by atoms with Crippen LogP contribution in [0.3, 0.4) is 0 Å². The van der Waals surface area contributed by atoms with Crippen molar-refractivity contribution >= 4 is 23.3 Å². The van der Waals surface area contributed by atoms with Gasteiger partial charge < -0.3 is 15.5 Å². The number of aliphatic hydroxyl groups is 1. The zero-order valence-electron chi connectivity index (χ0n) is 11.1. The number of hydrogen-bond acceptors (Lipinski definition) is 5. The van der Waals surface area contributed by atoms with Crippen molar-refractivity contribution in [2.24, 2.45) is 0 Å². The Morgan fingerprint density at radius 2 is 2.29 bits per heavy atom. The van der Waals surface area contributed by atoms with E-state index in [1.807, 2.05) is 0 Å². The maximum absolute atomic E-state index is 11.4. The second-order valence-corrected chi connectivity index (χ2v) is 4.85. The van der Waals surface area contributed by atoms with Gasteiger partial charge in [0.05, 0.1) is 6.20 Å². The first kappa shape index (κ1) is 15.3. The van der Waals surface area contributed by atoms with Crippen LogP contribution in [0.15, 0.2) is 30.5 Å². The van der Waals surface area contributed by atoms with Crippen molar-refractivity contribution in [2.45, 2.75) is 19.0 Å². The summed E-state index contributed by atoms with van der Waals surface area (Å²) in [6, 6.07) is 5.76. The molecule has 1 atom stereocenters. The minimum absolute atomic E-state index is 0.0400. The third kappa shape index (κ3) is 4.17. The molecule has 21 heavy (non-hydrogen) atoms. The van der Waals surface area contributed by atoms with Crippen LogP contribution in [0, 0.1) is 0 Å². The molecule has 0 radical (unpaired) electrons. The van der Waals surface area contributed by atoms with Crippen LogP contribution in [0.4, 0.5) is 5.69 Å². The Kier molecular flexibility index (Phi) is 5.13. The summed E-state index contributed by atoms with van der Waals surface area (Å²) in [4.78, 5) is 11.4. The SMILES string of the molecule is O=C(O)C(Nc1cccc(Cl)c1)c1cn(CCCO)nn1. The average molecular weight is 311 g/mol. The Morgan fingerprint density at radius 3 is 2.95 bits per heavy atom. The average Bonchev–Trinajstić information content (AvgIpc) is 2.91. The second kappa shape index (κ2) is 7.05. The van der Waals surface area contributed by atoms with E-state index in [0.29, 0.717) is 29.4 Å². The van der Waals surface area contributed by atoms with Gasteiger partial charge in [-0.25, -0.2) is 4.79 Å². The lowest BCUT2D eigenvalue weighted by molar-refractivity contribution is -0.138. The van der Waals surface area contributed by atoms with E-state index in [4.69, 9.17) is 16.7 Å². The highest BCUT2D eigenvalue weighted by Crippen LogP contribution is 2.21. The standard InChI is InChI=1S/C13H15ClN4O3/c14-9-3-1-4-10(7-9)15-12(13(20)21)11-8-18(17-16-11)5-2-6-19/h1,3-4,7-8,12,15,19H,2,5-6H2,(H,20,21). The molecule has 112 valence electrons. The molecule has 1 aromatic heterocycles. The van der Waals surface area contributed by atoms with Gasteiger partial charge in [0.25, 0.3) is 0 Å². The van der Waals surface area contributed by atoms with E-state index in [2.05, 4.69) is 15.6 Å². The third-order valence-electron chi connectivity index (χ3n) is 2.78. The summed E-state index contributed by atoms with van der Waals surface area (Å²) in [5.74, 6) is -1.07. The highest BCUT2D eigenvalue weighted by molar-refractivity contribution is 6.30. The number of nitrogens with one attached hydrogen (secondary N) is 1. The predicted octanol–water partition coefficient (Wildman–Crippen LogP) is 1.55. The third-order valence-corrected chi connectivity index (χ3v) is 3.02. The molecule has 0 bridgehead atoms. The number of benzene rings is 1. The largest absolute Gasteiger partial charge is 0.479 e. The molecule has 2 aromatic rings. The lowest BCUT2D eigenvalue weighted by Gasteiger charge is -2.13. The topological polar surface area (TPSA) is 100 Å². The summed E-state index contributed by atoms with van der Waals surface area (Å²) in [6.45, 7) is 0.519. The van der Waals surface area contributed by atoms with Gasteiger partial charge in [-0.15, -0.1) is 5.10 Å². The van der Waals surface area contributed by atoms with Crippen LogP contribution in [-0.4, -0.2) is 37.8 Å². The van der Waals surface area contributed by atoms with Gasteiger partial charge in [-0.1, -0.05) is 22.9 Å². The molecule has 0 aliphatic carbocycles. The number of rotatable bonds is 7. The number of carbonyl (C=O) groups is 1. The van der Waals surface area contributed by atoms with Crippen LogP contribution < -0.4 is 5.32 Å². The summed E-state index contributed by atoms with van der Waals surface area (Å²) >= 11 is 5.87. The quantitative estimate of drug-likeness (QED) is 0.717.